The highest BCUT2D eigenvalue weighted by atomic mass is 16.5. The van der Waals surface area contributed by atoms with Gasteiger partial charge in [-0.3, -0.25) is 0 Å². The van der Waals surface area contributed by atoms with E-state index in [2.05, 4.69) is 36.9 Å². The fraction of sp³-hybridized carbons (Fsp3) is 0.500. The molecule has 0 aliphatic heterocycles. The van der Waals surface area contributed by atoms with Crippen molar-refractivity contribution < 1.29 is 4.74 Å². The Balaban J connectivity index is 3.11. The summed E-state index contributed by atoms with van der Waals surface area (Å²) in [4.78, 5) is 2.08. The van der Waals surface area contributed by atoms with E-state index < -0.39 is 0 Å². The molecule has 0 amide bonds. The first-order valence-corrected chi connectivity index (χ1v) is 4.91. The Kier molecular flexibility index (Phi) is 3.39. The molecule has 0 N–H and O–H groups in total. The second-order valence-corrected chi connectivity index (χ2v) is 3.98. The third-order valence-corrected chi connectivity index (χ3v) is 2.36. The van der Waals surface area contributed by atoms with E-state index in [1.165, 1.54) is 11.3 Å². The van der Waals surface area contributed by atoms with Crippen molar-refractivity contribution in [3.8, 4) is 5.75 Å². The van der Waals surface area contributed by atoms with Crippen LogP contribution in [0.25, 0.3) is 0 Å². The van der Waals surface area contributed by atoms with Crippen molar-refractivity contribution in [2.45, 2.75) is 19.8 Å². The molecule has 1 aromatic rings. The predicted octanol–water partition coefficient (Wildman–Crippen LogP) is 2.88. The Labute approximate surface area is 86.5 Å². The molecule has 2 nitrogen and oxygen atoms in total. The maximum atomic E-state index is 5.37. The molecule has 0 aliphatic rings. The molecule has 0 aliphatic carbocycles. The number of benzene rings is 1. The summed E-state index contributed by atoms with van der Waals surface area (Å²) in [6.07, 6.45) is 0. The van der Waals surface area contributed by atoms with E-state index in [0.717, 1.165) is 5.75 Å². The molecule has 1 rings (SSSR count). The molecular formula is C12H19NO. The lowest BCUT2D eigenvalue weighted by atomic mass is 10.0. The summed E-state index contributed by atoms with van der Waals surface area (Å²) in [5.41, 5.74) is 2.43. The molecule has 0 bridgehead atoms. The van der Waals surface area contributed by atoms with Crippen LogP contribution in [0.4, 0.5) is 5.69 Å². The van der Waals surface area contributed by atoms with E-state index in [0.29, 0.717) is 5.92 Å². The van der Waals surface area contributed by atoms with Gasteiger partial charge in [0.05, 0.1) is 7.11 Å². The monoisotopic (exact) mass is 193 g/mol. The van der Waals surface area contributed by atoms with Gasteiger partial charge in [-0.25, -0.2) is 0 Å². The van der Waals surface area contributed by atoms with E-state index in [4.69, 9.17) is 4.74 Å². The molecule has 0 radical (unpaired) electrons. The number of ether oxygens (including phenoxy) is 1. The smallest absolute Gasteiger partial charge is 0.124 e. The Morgan fingerprint density at radius 2 is 1.86 bits per heavy atom. The van der Waals surface area contributed by atoms with Gasteiger partial charge in [-0.15, -0.1) is 0 Å². The van der Waals surface area contributed by atoms with Crippen LogP contribution in [0.5, 0.6) is 5.75 Å². The Hall–Kier alpha value is -1.18. The van der Waals surface area contributed by atoms with Crippen LogP contribution in [0.2, 0.25) is 0 Å². The van der Waals surface area contributed by atoms with Crippen LogP contribution in [0, 0.1) is 0 Å². The van der Waals surface area contributed by atoms with Crippen molar-refractivity contribution in [2.75, 3.05) is 26.1 Å². The lowest BCUT2D eigenvalue weighted by Crippen LogP contribution is -2.09. The maximum absolute atomic E-state index is 5.37. The highest BCUT2D eigenvalue weighted by molar-refractivity contribution is 5.53. The molecule has 1 aromatic carbocycles. The number of nitrogens with zero attached hydrogens (tertiary/aromatic N) is 1. The summed E-state index contributed by atoms with van der Waals surface area (Å²) < 4.78 is 5.37. The van der Waals surface area contributed by atoms with Crippen LogP contribution >= 0.6 is 0 Å². The third kappa shape index (κ3) is 2.19. The number of methoxy groups -OCH3 is 1. The van der Waals surface area contributed by atoms with Gasteiger partial charge in [-0.05, 0) is 17.5 Å². The minimum absolute atomic E-state index is 0.501. The summed E-state index contributed by atoms with van der Waals surface area (Å²) in [5, 5.41) is 0. The highest BCUT2D eigenvalue weighted by Gasteiger charge is 2.08. The normalized spacial score (nSPS) is 10.4. The molecule has 0 saturated heterocycles. The summed E-state index contributed by atoms with van der Waals surface area (Å²) >= 11 is 0. The van der Waals surface area contributed by atoms with E-state index in [1.54, 1.807) is 7.11 Å². The van der Waals surface area contributed by atoms with Crippen molar-refractivity contribution >= 4 is 5.69 Å². The quantitative estimate of drug-likeness (QED) is 0.732. The predicted molar refractivity (Wildman–Crippen MR) is 61.4 cm³/mol. The van der Waals surface area contributed by atoms with Gasteiger partial charge in [-0.2, -0.15) is 0 Å². The summed E-state index contributed by atoms with van der Waals surface area (Å²) in [7, 11) is 5.79. The number of anilines is 1. The lowest BCUT2D eigenvalue weighted by Gasteiger charge is -2.17. The lowest BCUT2D eigenvalue weighted by molar-refractivity contribution is 0.407. The zero-order valence-corrected chi connectivity index (χ0v) is 9.66. The van der Waals surface area contributed by atoms with Gasteiger partial charge in [0.25, 0.3) is 0 Å². The van der Waals surface area contributed by atoms with E-state index in [-0.39, 0.29) is 0 Å². The highest BCUT2D eigenvalue weighted by Crippen LogP contribution is 2.29. The fourth-order valence-corrected chi connectivity index (χ4v) is 1.45. The Bertz CT molecular complexity index is 305. The van der Waals surface area contributed by atoms with Crippen molar-refractivity contribution in [3.63, 3.8) is 0 Å². The van der Waals surface area contributed by atoms with Gasteiger partial charge in [0.15, 0.2) is 0 Å². The fourth-order valence-electron chi connectivity index (χ4n) is 1.45. The van der Waals surface area contributed by atoms with Gasteiger partial charge in [0.1, 0.15) is 5.75 Å². The average Bonchev–Trinajstić information content (AvgIpc) is 2.16. The SMILES string of the molecule is COc1cc(N(C)C)ccc1C(C)C. The van der Waals surface area contributed by atoms with Gasteiger partial charge >= 0.3 is 0 Å². The molecule has 0 spiro atoms. The van der Waals surface area contributed by atoms with Crippen LogP contribution in [0.3, 0.4) is 0 Å². The van der Waals surface area contributed by atoms with Gasteiger partial charge in [0.2, 0.25) is 0 Å². The average molecular weight is 193 g/mol. The van der Waals surface area contributed by atoms with Crippen LogP contribution in [-0.2, 0) is 0 Å². The summed E-state index contributed by atoms with van der Waals surface area (Å²) in [5.74, 6) is 1.48. The van der Waals surface area contributed by atoms with Crippen molar-refractivity contribution in [1.29, 1.82) is 0 Å². The molecule has 0 fully saturated rings. The zero-order valence-electron chi connectivity index (χ0n) is 9.66. The number of rotatable bonds is 3. The molecule has 78 valence electrons. The van der Waals surface area contributed by atoms with E-state index >= 15 is 0 Å². The van der Waals surface area contributed by atoms with Crippen molar-refractivity contribution in [2.24, 2.45) is 0 Å². The topological polar surface area (TPSA) is 12.5 Å². The first kappa shape index (κ1) is 10.9. The molecular weight excluding hydrogens is 174 g/mol. The van der Waals surface area contributed by atoms with Crippen molar-refractivity contribution in [1.82, 2.24) is 0 Å². The minimum Gasteiger partial charge on any atom is -0.496 e. The molecule has 2 heteroatoms. The minimum atomic E-state index is 0.501. The van der Waals surface area contributed by atoms with Gasteiger partial charge < -0.3 is 9.64 Å². The zero-order chi connectivity index (χ0) is 10.7. The second-order valence-electron chi connectivity index (χ2n) is 3.98. The third-order valence-electron chi connectivity index (χ3n) is 2.36. The number of hydrogen-bond donors (Lipinski definition) is 0. The first-order valence-electron chi connectivity index (χ1n) is 4.91. The summed E-state index contributed by atoms with van der Waals surface area (Å²) in [6, 6.07) is 6.34. The molecule has 0 heterocycles. The Morgan fingerprint density at radius 3 is 2.29 bits per heavy atom. The first-order chi connectivity index (χ1) is 6.56. The molecule has 0 unspecified atom stereocenters. The van der Waals surface area contributed by atoms with Crippen LogP contribution in [0.15, 0.2) is 18.2 Å². The van der Waals surface area contributed by atoms with Gasteiger partial charge in [-0.1, -0.05) is 19.9 Å². The standard InChI is InChI=1S/C12H19NO/c1-9(2)11-7-6-10(13(3)4)8-12(11)14-5/h6-9H,1-5H3. The largest absolute Gasteiger partial charge is 0.496 e. The molecule has 14 heavy (non-hydrogen) atoms. The molecule has 0 saturated carbocycles. The summed E-state index contributed by atoms with van der Waals surface area (Å²) in [6.45, 7) is 4.35. The second kappa shape index (κ2) is 4.36. The van der Waals surface area contributed by atoms with Crippen LogP contribution in [0.1, 0.15) is 25.3 Å². The van der Waals surface area contributed by atoms with Crippen LogP contribution in [-0.4, -0.2) is 21.2 Å². The number of hydrogen-bond acceptors (Lipinski definition) is 2. The maximum Gasteiger partial charge on any atom is 0.124 e. The molecule has 0 atom stereocenters. The molecule has 0 aromatic heterocycles. The van der Waals surface area contributed by atoms with Crippen LogP contribution < -0.4 is 9.64 Å². The Morgan fingerprint density at radius 1 is 1.21 bits per heavy atom. The van der Waals surface area contributed by atoms with E-state index in [1.807, 2.05) is 14.1 Å². The van der Waals surface area contributed by atoms with Crippen molar-refractivity contribution in [3.05, 3.63) is 23.8 Å². The van der Waals surface area contributed by atoms with Gasteiger partial charge in [0, 0.05) is 25.8 Å². The van der Waals surface area contributed by atoms with E-state index in [9.17, 15) is 0 Å².